The van der Waals surface area contributed by atoms with Gasteiger partial charge in [0.05, 0.1) is 13.2 Å². The van der Waals surface area contributed by atoms with Gasteiger partial charge in [-0.15, -0.1) is 0 Å². The molecule has 0 heterocycles. The Morgan fingerprint density at radius 1 is 0.944 bits per heavy atom. The van der Waals surface area contributed by atoms with Gasteiger partial charge in [0.2, 0.25) is 0 Å². The highest BCUT2D eigenvalue weighted by atomic mass is 16.5. The Kier molecular flexibility index (Phi) is 6.65. The lowest BCUT2D eigenvalue weighted by molar-refractivity contribution is -0.0867. The largest absolute Gasteiger partial charge is 0.384 e. The molecule has 18 heavy (non-hydrogen) atoms. The zero-order chi connectivity index (χ0) is 13.6. The molecular weight excluding hydrogens is 224 g/mol. The molecular formula is C16H32O2. The van der Waals surface area contributed by atoms with E-state index in [1.807, 2.05) is 14.2 Å². The van der Waals surface area contributed by atoms with Crippen molar-refractivity contribution in [3.63, 3.8) is 0 Å². The Labute approximate surface area is 113 Å². The van der Waals surface area contributed by atoms with Crippen molar-refractivity contribution in [2.75, 3.05) is 27.4 Å². The van der Waals surface area contributed by atoms with Crippen LogP contribution in [0.5, 0.6) is 0 Å². The van der Waals surface area contributed by atoms with Gasteiger partial charge in [0, 0.05) is 19.6 Å². The molecule has 0 radical (unpaired) electrons. The lowest BCUT2D eigenvalue weighted by atomic mass is 9.60. The minimum absolute atomic E-state index is 0.206. The van der Waals surface area contributed by atoms with Crippen molar-refractivity contribution in [1.82, 2.24) is 0 Å². The van der Waals surface area contributed by atoms with E-state index in [-0.39, 0.29) is 5.41 Å². The molecule has 1 atom stereocenters. The molecule has 0 N–H and O–H groups in total. The Morgan fingerprint density at radius 3 is 1.83 bits per heavy atom. The third kappa shape index (κ3) is 3.48. The molecule has 0 aliphatic heterocycles. The fourth-order valence-corrected chi connectivity index (χ4v) is 3.79. The zero-order valence-electron chi connectivity index (χ0n) is 13.0. The molecule has 2 heteroatoms. The summed E-state index contributed by atoms with van der Waals surface area (Å²) in [5.74, 6) is 2.08. The lowest BCUT2D eigenvalue weighted by Gasteiger charge is -2.47. The summed E-state index contributed by atoms with van der Waals surface area (Å²) in [7, 11) is 3.67. The molecule has 1 aliphatic carbocycles. The summed E-state index contributed by atoms with van der Waals surface area (Å²) >= 11 is 0. The minimum atomic E-state index is 0.206. The van der Waals surface area contributed by atoms with Gasteiger partial charge in [-0.2, -0.15) is 0 Å². The second kappa shape index (κ2) is 7.49. The van der Waals surface area contributed by atoms with Crippen LogP contribution >= 0.6 is 0 Å². The Balaban J connectivity index is 2.93. The first-order chi connectivity index (χ1) is 8.58. The van der Waals surface area contributed by atoms with Crippen molar-refractivity contribution >= 4 is 0 Å². The second-order valence-electron chi connectivity index (χ2n) is 6.47. The second-order valence-corrected chi connectivity index (χ2v) is 6.47. The lowest BCUT2D eigenvalue weighted by Crippen LogP contribution is -2.47. The maximum atomic E-state index is 5.60. The number of methoxy groups -OCH3 is 2. The number of hydrogen-bond donors (Lipinski definition) is 0. The number of hydrogen-bond acceptors (Lipinski definition) is 2. The maximum Gasteiger partial charge on any atom is 0.0546 e. The van der Waals surface area contributed by atoms with Crippen LogP contribution in [0.25, 0.3) is 0 Å². The first-order valence-corrected chi connectivity index (χ1v) is 7.56. The third-order valence-corrected chi connectivity index (χ3v) is 5.15. The molecule has 0 saturated heterocycles. The Hall–Kier alpha value is -0.0800. The van der Waals surface area contributed by atoms with E-state index in [0.717, 1.165) is 19.1 Å². The van der Waals surface area contributed by atoms with Gasteiger partial charge in [0.25, 0.3) is 0 Å². The van der Waals surface area contributed by atoms with Crippen LogP contribution in [0.3, 0.4) is 0 Å². The molecule has 2 nitrogen and oxygen atoms in total. The maximum absolute atomic E-state index is 5.60. The molecule has 0 spiro atoms. The standard InChI is InChI=1S/C16H32O2/c1-13(2)14(3)16(11-17-4,12-18-5)15-9-7-6-8-10-15/h13-15H,6-12H2,1-5H3. The molecule has 0 bridgehead atoms. The average Bonchev–Trinajstić information content (AvgIpc) is 2.38. The van der Waals surface area contributed by atoms with Crippen molar-refractivity contribution in [2.45, 2.75) is 52.9 Å². The first kappa shape index (κ1) is 16.0. The number of rotatable bonds is 7. The molecule has 0 amide bonds. The molecule has 108 valence electrons. The van der Waals surface area contributed by atoms with E-state index in [9.17, 15) is 0 Å². The predicted octanol–water partition coefficient (Wildman–Crippen LogP) is 4.14. The summed E-state index contributed by atoms with van der Waals surface area (Å²) in [6.45, 7) is 8.72. The van der Waals surface area contributed by atoms with Crippen LogP contribution < -0.4 is 0 Å². The van der Waals surface area contributed by atoms with Crippen LogP contribution in [0.1, 0.15) is 52.9 Å². The van der Waals surface area contributed by atoms with Gasteiger partial charge in [0.15, 0.2) is 0 Å². The normalized spacial score (nSPS) is 20.3. The fourth-order valence-electron chi connectivity index (χ4n) is 3.79. The summed E-state index contributed by atoms with van der Waals surface area (Å²) in [6, 6.07) is 0. The Morgan fingerprint density at radius 2 is 1.44 bits per heavy atom. The summed E-state index contributed by atoms with van der Waals surface area (Å²) in [5.41, 5.74) is 0.206. The van der Waals surface area contributed by atoms with Crippen LogP contribution in [0, 0.1) is 23.2 Å². The quantitative estimate of drug-likeness (QED) is 0.681. The summed E-state index contributed by atoms with van der Waals surface area (Å²) in [4.78, 5) is 0. The summed E-state index contributed by atoms with van der Waals surface area (Å²) in [5, 5.41) is 0. The molecule has 1 unspecified atom stereocenters. The van der Waals surface area contributed by atoms with Crippen LogP contribution in [0.2, 0.25) is 0 Å². The van der Waals surface area contributed by atoms with Crippen molar-refractivity contribution < 1.29 is 9.47 Å². The molecule has 1 rings (SSSR count). The molecule has 0 aromatic heterocycles. The first-order valence-electron chi connectivity index (χ1n) is 7.56. The SMILES string of the molecule is COCC(COC)(C1CCCCC1)C(C)C(C)C. The smallest absolute Gasteiger partial charge is 0.0546 e. The summed E-state index contributed by atoms with van der Waals surface area (Å²) < 4.78 is 11.2. The third-order valence-electron chi connectivity index (χ3n) is 5.15. The van der Waals surface area contributed by atoms with E-state index in [0.29, 0.717) is 11.8 Å². The topological polar surface area (TPSA) is 18.5 Å². The average molecular weight is 256 g/mol. The van der Waals surface area contributed by atoms with E-state index in [1.165, 1.54) is 32.1 Å². The van der Waals surface area contributed by atoms with Gasteiger partial charge in [-0.3, -0.25) is 0 Å². The van der Waals surface area contributed by atoms with Crippen molar-refractivity contribution in [3.8, 4) is 0 Å². The van der Waals surface area contributed by atoms with Gasteiger partial charge in [-0.1, -0.05) is 40.0 Å². The molecule has 1 fully saturated rings. The fraction of sp³-hybridized carbons (Fsp3) is 1.00. The van der Waals surface area contributed by atoms with Gasteiger partial charge in [-0.25, -0.2) is 0 Å². The van der Waals surface area contributed by atoms with Crippen LogP contribution in [-0.2, 0) is 9.47 Å². The zero-order valence-corrected chi connectivity index (χ0v) is 13.0. The van der Waals surface area contributed by atoms with Crippen molar-refractivity contribution in [1.29, 1.82) is 0 Å². The Bertz CT molecular complexity index is 213. The van der Waals surface area contributed by atoms with Gasteiger partial charge in [-0.05, 0) is 30.6 Å². The minimum Gasteiger partial charge on any atom is -0.384 e. The van der Waals surface area contributed by atoms with E-state index < -0.39 is 0 Å². The van der Waals surface area contributed by atoms with E-state index in [1.54, 1.807) is 0 Å². The number of ether oxygens (including phenoxy) is 2. The highest BCUT2D eigenvalue weighted by molar-refractivity contribution is 4.93. The molecule has 0 aromatic carbocycles. The van der Waals surface area contributed by atoms with Gasteiger partial charge >= 0.3 is 0 Å². The van der Waals surface area contributed by atoms with Crippen LogP contribution in [0.4, 0.5) is 0 Å². The highest BCUT2D eigenvalue weighted by Gasteiger charge is 2.44. The van der Waals surface area contributed by atoms with Crippen molar-refractivity contribution in [3.05, 3.63) is 0 Å². The molecule has 0 aromatic rings. The van der Waals surface area contributed by atoms with E-state index >= 15 is 0 Å². The van der Waals surface area contributed by atoms with Crippen LogP contribution in [-0.4, -0.2) is 27.4 Å². The van der Waals surface area contributed by atoms with E-state index in [4.69, 9.17) is 9.47 Å². The van der Waals surface area contributed by atoms with Crippen LogP contribution in [0.15, 0.2) is 0 Å². The van der Waals surface area contributed by atoms with Crippen molar-refractivity contribution in [2.24, 2.45) is 23.2 Å². The monoisotopic (exact) mass is 256 g/mol. The van der Waals surface area contributed by atoms with E-state index in [2.05, 4.69) is 20.8 Å². The molecule has 1 saturated carbocycles. The van der Waals surface area contributed by atoms with Gasteiger partial charge < -0.3 is 9.47 Å². The van der Waals surface area contributed by atoms with Gasteiger partial charge in [0.1, 0.15) is 0 Å². The molecule has 1 aliphatic rings. The summed E-state index contributed by atoms with van der Waals surface area (Å²) in [6.07, 6.45) is 6.87. The highest BCUT2D eigenvalue weighted by Crippen LogP contribution is 2.46. The predicted molar refractivity (Wildman–Crippen MR) is 76.8 cm³/mol.